The minimum atomic E-state index is -0.579. The molecule has 1 N–H and O–H groups in total. The van der Waals surface area contributed by atoms with Crippen LogP contribution in [0.1, 0.15) is 53.0 Å². The van der Waals surface area contributed by atoms with E-state index in [-0.39, 0.29) is 37.2 Å². The number of esters is 1. The summed E-state index contributed by atoms with van der Waals surface area (Å²) in [6.45, 7) is 3.61. The number of carbonyl (C=O) groups excluding carboxylic acids is 3. The van der Waals surface area contributed by atoms with E-state index < -0.39 is 5.97 Å². The lowest BCUT2D eigenvalue weighted by atomic mass is 10.0. The molecule has 0 saturated carbocycles. The Morgan fingerprint density at radius 1 is 1.11 bits per heavy atom. The second-order valence-corrected chi connectivity index (χ2v) is 7.84. The van der Waals surface area contributed by atoms with E-state index in [9.17, 15) is 14.4 Å². The third-order valence-corrected chi connectivity index (χ3v) is 5.26. The van der Waals surface area contributed by atoms with Gasteiger partial charge in [-0.1, -0.05) is 48.4 Å². The number of aryl methyl sites for hydroxylation is 1. The quantitative estimate of drug-likeness (QED) is 0.491. The van der Waals surface area contributed by atoms with Gasteiger partial charge in [-0.2, -0.15) is 0 Å². The average molecular weight is 408 g/mol. The zero-order chi connectivity index (χ0) is 19.8. The molecule has 144 valence electrons. The topological polar surface area (TPSA) is 72.5 Å². The highest BCUT2D eigenvalue weighted by atomic mass is 35.5. The van der Waals surface area contributed by atoms with Gasteiger partial charge in [0.2, 0.25) is 0 Å². The van der Waals surface area contributed by atoms with Crippen LogP contribution >= 0.6 is 22.9 Å². The summed E-state index contributed by atoms with van der Waals surface area (Å²) >= 11 is 6.96. The van der Waals surface area contributed by atoms with Crippen molar-refractivity contribution in [3.05, 3.63) is 56.7 Å². The van der Waals surface area contributed by atoms with E-state index in [4.69, 9.17) is 16.3 Å². The van der Waals surface area contributed by atoms with Crippen molar-refractivity contribution in [2.45, 2.75) is 39.2 Å². The maximum absolute atomic E-state index is 12.1. The second kappa shape index (κ2) is 10.2. The molecule has 7 heteroatoms. The SMILES string of the molecule is CC[C@H](NC(=O)COC(=O)CCC(=O)c1ccc(Cl)s1)c1ccc(C)cc1. The molecule has 1 aromatic carbocycles. The van der Waals surface area contributed by atoms with Crippen LogP contribution in [0.5, 0.6) is 0 Å². The minimum absolute atomic E-state index is 0.0260. The molecule has 0 unspecified atom stereocenters. The van der Waals surface area contributed by atoms with Crippen LogP contribution in [0.15, 0.2) is 36.4 Å². The van der Waals surface area contributed by atoms with Crippen molar-refractivity contribution in [3.63, 3.8) is 0 Å². The van der Waals surface area contributed by atoms with Gasteiger partial charge in [0.1, 0.15) is 0 Å². The van der Waals surface area contributed by atoms with E-state index in [0.717, 1.165) is 17.5 Å². The van der Waals surface area contributed by atoms with Crippen LogP contribution in [0.25, 0.3) is 0 Å². The van der Waals surface area contributed by atoms with Gasteiger partial charge in [-0.25, -0.2) is 0 Å². The molecule has 2 aromatic rings. The van der Waals surface area contributed by atoms with Crippen LogP contribution in [0, 0.1) is 6.92 Å². The normalized spacial score (nSPS) is 11.7. The molecule has 0 saturated heterocycles. The Kier molecular flexibility index (Phi) is 8.00. The smallest absolute Gasteiger partial charge is 0.306 e. The number of hydrogen-bond donors (Lipinski definition) is 1. The van der Waals surface area contributed by atoms with Crippen LogP contribution in [-0.4, -0.2) is 24.3 Å². The van der Waals surface area contributed by atoms with Crippen molar-refractivity contribution < 1.29 is 19.1 Å². The fourth-order valence-corrected chi connectivity index (χ4v) is 3.49. The Balaban J connectivity index is 1.74. The first-order chi connectivity index (χ1) is 12.9. The number of nitrogens with one attached hydrogen (secondary N) is 1. The van der Waals surface area contributed by atoms with E-state index >= 15 is 0 Å². The molecule has 0 radical (unpaired) electrons. The summed E-state index contributed by atoms with van der Waals surface area (Å²) in [4.78, 5) is 36.3. The van der Waals surface area contributed by atoms with E-state index in [1.54, 1.807) is 12.1 Å². The number of ether oxygens (including phenoxy) is 1. The molecule has 1 amide bonds. The van der Waals surface area contributed by atoms with E-state index in [1.807, 2.05) is 38.1 Å². The van der Waals surface area contributed by atoms with Gasteiger partial charge in [0.15, 0.2) is 12.4 Å². The molecule has 1 heterocycles. The van der Waals surface area contributed by atoms with Gasteiger partial charge in [0.25, 0.3) is 5.91 Å². The molecule has 0 aliphatic carbocycles. The number of ketones is 1. The summed E-state index contributed by atoms with van der Waals surface area (Å²) in [6.07, 6.45) is 0.676. The fraction of sp³-hybridized carbons (Fsp3) is 0.350. The monoisotopic (exact) mass is 407 g/mol. The van der Waals surface area contributed by atoms with Crippen molar-refractivity contribution >= 4 is 40.6 Å². The Morgan fingerprint density at radius 3 is 2.41 bits per heavy atom. The van der Waals surface area contributed by atoms with Crippen LogP contribution in [0.2, 0.25) is 4.34 Å². The van der Waals surface area contributed by atoms with E-state index in [1.165, 1.54) is 11.3 Å². The van der Waals surface area contributed by atoms with Gasteiger partial charge >= 0.3 is 5.97 Å². The van der Waals surface area contributed by atoms with Gasteiger partial charge < -0.3 is 10.1 Å². The van der Waals surface area contributed by atoms with Crippen molar-refractivity contribution in [2.24, 2.45) is 0 Å². The minimum Gasteiger partial charge on any atom is -0.456 e. The Bertz CT molecular complexity index is 801. The Labute approximate surface area is 167 Å². The van der Waals surface area contributed by atoms with Crippen molar-refractivity contribution in [1.29, 1.82) is 0 Å². The Morgan fingerprint density at radius 2 is 1.81 bits per heavy atom. The zero-order valence-corrected chi connectivity index (χ0v) is 16.9. The molecule has 27 heavy (non-hydrogen) atoms. The predicted molar refractivity (Wildman–Crippen MR) is 106 cm³/mol. The number of benzene rings is 1. The zero-order valence-electron chi connectivity index (χ0n) is 15.3. The van der Waals surface area contributed by atoms with Gasteiger partial charge in [-0.15, -0.1) is 11.3 Å². The van der Waals surface area contributed by atoms with Gasteiger partial charge in [-0.05, 0) is 31.0 Å². The maximum atomic E-state index is 12.1. The van der Waals surface area contributed by atoms with Gasteiger partial charge in [0, 0.05) is 6.42 Å². The average Bonchev–Trinajstić information content (AvgIpc) is 3.09. The highest BCUT2D eigenvalue weighted by Gasteiger charge is 2.16. The second-order valence-electron chi connectivity index (χ2n) is 6.13. The van der Waals surface area contributed by atoms with Gasteiger partial charge in [-0.3, -0.25) is 14.4 Å². The first-order valence-electron chi connectivity index (χ1n) is 8.69. The summed E-state index contributed by atoms with van der Waals surface area (Å²) in [7, 11) is 0. The highest BCUT2D eigenvalue weighted by molar-refractivity contribution is 7.18. The summed E-state index contributed by atoms with van der Waals surface area (Å²) in [6, 6.07) is 11.0. The third-order valence-electron chi connectivity index (χ3n) is 3.99. The van der Waals surface area contributed by atoms with Gasteiger partial charge in [0.05, 0.1) is 21.7 Å². The van der Waals surface area contributed by atoms with Crippen LogP contribution in [0.4, 0.5) is 0 Å². The molecular formula is C20H22ClNO4S. The van der Waals surface area contributed by atoms with Crippen LogP contribution in [0.3, 0.4) is 0 Å². The molecule has 0 fully saturated rings. The van der Waals surface area contributed by atoms with Crippen molar-refractivity contribution in [2.75, 3.05) is 6.61 Å². The molecule has 0 aliphatic rings. The van der Waals surface area contributed by atoms with Crippen LogP contribution < -0.4 is 5.32 Å². The van der Waals surface area contributed by atoms with Crippen LogP contribution in [-0.2, 0) is 14.3 Å². The predicted octanol–water partition coefficient (Wildman–Crippen LogP) is 4.48. The number of amides is 1. The van der Waals surface area contributed by atoms with Crippen molar-refractivity contribution in [3.8, 4) is 0 Å². The molecule has 2 rings (SSSR count). The van der Waals surface area contributed by atoms with E-state index in [0.29, 0.717) is 9.21 Å². The number of Topliss-reactive ketones (excluding diaryl/α,β-unsaturated/α-hetero) is 1. The summed E-state index contributed by atoms with van der Waals surface area (Å²) in [5.74, 6) is -1.12. The lowest BCUT2D eigenvalue weighted by molar-refractivity contribution is -0.148. The largest absolute Gasteiger partial charge is 0.456 e. The summed E-state index contributed by atoms with van der Waals surface area (Å²) in [5, 5.41) is 2.86. The lowest BCUT2D eigenvalue weighted by Crippen LogP contribution is -2.32. The first-order valence-corrected chi connectivity index (χ1v) is 9.88. The number of halogens is 1. The molecule has 1 aromatic heterocycles. The summed E-state index contributed by atoms with van der Waals surface area (Å²) in [5.41, 5.74) is 2.15. The number of rotatable bonds is 9. The highest BCUT2D eigenvalue weighted by Crippen LogP contribution is 2.23. The van der Waals surface area contributed by atoms with E-state index in [2.05, 4.69) is 5.32 Å². The number of hydrogen-bond acceptors (Lipinski definition) is 5. The fourth-order valence-electron chi connectivity index (χ4n) is 2.48. The first kappa shape index (κ1) is 21.1. The Hall–Kier alpha value is -2.18. The molecular weight excluding hydrogens is 386 g/mol. The number of thiophene rings is 1. The number of carbonyl (C=O) groups is 3. The standard InChI is InChI=1S/C20H22ClNO4S/c1-3-15(14-6-4-13(2)5-7-14)22-19(24)12-26-20(25)11-8-16(23)17-9-10-18(21)27-17/h4-7,9-10,15H,3,8,11-12H2,1-2H3,(H,22,24)/t15-/m0/s1. The van der Waals surface area contributed by atoms with Crippen molar-refractivity contribution in [1.82, 2.24) is 5.32 Å². The molecule has 1 atom stereocenters. The molecule has 0 bridgehead atoms. The lowest BCUT2D eigenvalue weighted by Gasteiger charge is -2.17. The maximum Gasteiger partial charge on any atom is 0.306 e. The molecule has 5 nitrogen and oxygen atoms in total. The molecule has 0 spiro atoms. The third kappa shape index (κ3) is 6.81. The molecule has 0 aliphatic heterocycles. The summed E-state index contributed by atoms with van der Waals surface area (Å²) < 4.78 is 5.49.